The number of aliphatic carboxylic acids is 1. The number of aliphatic hydroxyl groups is 1. The molecule has 0 aliphatic carbocycles. The zero-order chi connectivity index (χ0) is 14.2. The number of amides is 2. The Hall–Kier alpha value is -1.39. The predicted molar refractivity (Wildman–Crippen MR) is 62.3 cm³/mol. The van der Waals surface area contributed by atoms with E-state index in [0.29, 0.717) is 0 Å². The summed E-state index contributed by atoms with van der Waals surface area (Å²) in [7, 11) is -3.53. The maximum atomic E-state index is 11.1. The number of carboxylic acids is 1. The van der Waals surface area contributed by atoms with Gasteiger partial charge in [0.2, 0.25) is 10.0 Å². The summed E-state index contributed by atoms with van der Waals surface area (Å²) in [4.78, 5) is 21.3. The molecule has 0 rings (SSSR count). The van der Waals surface area contributed by atoms with E-state index in [1.807, 2.05) is 0 Å². The lowest BCUT2D eigenvalue weighted by molar-refractivity contribution is -0.146. The minimum atomic E-state index is -3.53. The SMILES string of the molecule is NS(=O)(=O)CCCNC(=O)NCC[C@H](O)C(=O)O. The molecular formula is C8H17N3O6S. The molecule has 2 amide bonds. The Morgan fingerprint density at radius 1 is 1.22 bits per heavy atom. The van der Waals surface area contributed by atoms with Crippen LogP contribution >= 0.6 is 0 Å². The van der Waals surface area contributed by atoms with Crippen LogP contribution in [0.3, 0.4) is 0 Å². The summed E-state index contributed by atoms with van der Waals surface area (Å²) in [6.07, 6.45) is -1.45. The number of urea groups is 1. The summed E-state index contributed by atoms with van der Waals surface area (Å²) in [5.74, 6) is -1.59. The van der Waals surface area contributed by atoms with Crippen molar-refractivity contribution in [3.8, 4) is 0 Å². The highest BCUT2D eigenvalue weighted by molar-refractivity contribution is 7.89. The molecule has 0 saturated heterocycles. The van der Waals surface area contributed by atoms with Crippen LogP contribution in [0.4, 0.5) is 4.79 Å². The fourth-order valence-electron chi connectivity index (χ4n) is 0.984. The molecule has 0 unspecified atom stereocenters. The molecule has 18 heavy (non-hydrogen) atoms. The number of sulfonamides is 1. The number of carbonyl (C=O) groups excluding carboxylic acids is 1. The minimum absolute atomic E-state index is 0.00547. The molecule has 6 N–H and O–H groups in total. The lowest BCUT2D eigenvalue weighted by Crippen LogP contribution is -2.38. The average Bonchev–Trinajstić information content (AvgIpc) is 2.22. The highest BCUT2D eigenvalue weighted by Gasteiger charge is 2.12. The quantitative estimate of drug-likeness (QED) is 0.318. The Kier molecular flexibility index (Phi) is 7.24. The fourth-order valence-corrected chi connectivity index (χ4v) is 1.53. The normalized spacial score (nSPS) is 12.8. The van der Waals surface area contributed by atoms with E-state index in [-0.39, 0.29) is 31.7 Å². The maximum absolute atomic E-state index is 11.1. The third kappa shape index (κ3) is 9.81. The van der Waals surface area contributed by atoms with Gasteiger partial charge in [0.25, 0.3) is 0 Å². The Morgan fingerprint density at radius 2 is 1.78 bits per heavy atom. The second kappa shape index (κ2) is 7.84. The molecule has 0 aliphatic rings. The molecule has 0 bridgehead atoms. The molecule has 0 aliphatic heterocycles. The summed E-state index contributed by atoms with van der Waals surface area (Å²) in [6, 6.07) is -0.568. The largest absolute Gasteiger partial charge is 0.479 e. The van der Waals surface area contributed by atoms with Gasteiger partial charge in [-0.3, -0.25) is 0 Å². The summed E-state index contributed by atoms with van der Waals surface area (Å²) < 4.78 is 21.1. The van der Waals surface area contributed by atoms with Crippen molar-refractivity contribution in [3.05, 3.63) is 0 Å². The molecule has 1 atom stereocenters. The summed E-state index contributed by atoms with van der Waals surface area (Å²) in [5, 5.41) is 26.7. The lowest BCUT2D eigenvalue weighted by atomic mass is 10.2. The first-order valence-electron chi connectivity index (χ1n) is 5.15. The Morgan fingerprint density at radius 3 is 2.28 bits per heavy atom. The van der Waals surface area contributed by atoms with E-state index in [4.69, 9.17) is 15.4 Å². The van der Waals surface area contributed by atoms with Gasteiger partial charge in [0, 0.05) is 19.5 Å². The van der Waals surface area contributed by atoms with Crippen molar-refractivity contribution in [3.63, 3.8) is 0 Å². The van der Waals surface area contributed by atoms with Crippen LogP contribution in [0.25, 0.3) is 0 Å². The van der Waals surface area contributed by atoms with Gasteiger partial charge in [0.15, 0.2) is 6.10 Å². The van der Waals surface area contributed by atoms with E-state index in [1.54, 1.807) is 0 Å². The van der Waals surface area contributed by atoms with Crippen molar-refractivity contribution in [2.24, 2.45) is 5.14 Å². The first-order chi connectivity index (χ1) is 8.22. The van der Waals surface area contributed by atoms with Crippen LogP contribution in [0, 0.1) is 0 Å². The van der Waals surface area contributed by atoms with Crippen molar-refractivity contribution >= 4 is 22.0 Å². The van der Waals surface area contributed by atoms with Crippen LogP contribution in [-0.4, -0.2) is 55.6 Å². The van der Waals surface area contributed by atoms with Crippen molar-refractivity contribution in [2.75, 3.05) is 18.8 Å². The number of carboxylic acid groups (broad SMARTS) is 1. The molecule has 0 saturated carbocycles. The number of rotatable bonds is 8. The standard InChI is InChI=1S/C8H17N3O6S/c9-18(16,17)5-1-3-10-8(15)11-4-2-6(12)7(13)14/h6,12H,1-5H2,(H,13,14)(H2,9,16,17)(H2,10,11,15)/t6-/m0/s1. The van der Waals surface area contributed by atoms with Crippen molar-refractivity contribution in [1.29, 1.82) is 0 Å². The van der Waals surface area contributed by atoms with Crippen LogP contribution in [0.1, 0.15) is 12.8 Å². The van der Waals surface area contributed by atoms with Crippen LogP contribution in [-0.2, 0) is 14.8 Å². The van der Waals surface area contributed by atoms with E-state index >= 15 is 0 Å². The Bertz CT molecular complexity index is 382. The number of nitrogens with one attached hydrogen (secondary N) is 2. The van der Waals surface area contributed by atoms with Crippen molar-refractivity contribution in [2.45, 2.75) is 18.9 Å². The summed E-state index contributed by atoms with van der Waals surface area (Å²) in [6.45, 7) is 0.123. The molecule has 10 heteroatoms. The number of aliphatic hydroxyl groups excluding tert-OH is 1. The van der Waals surface area contributed by atoms with Gasteiger partial charge in [-0.05, 0) is 6.42 Å². The molecular weight excluding hydrogens is 266 g/mol. The first-order valence-corrected chi connectivity index (χ1v) is 6.87. The zero-order valence-electron chi connectivity index (χ0n) is 9.63. The number of hydrogen-bond acceptors (Lipinski definition) is 5. The van der Waals surface area contributed by atoms with Gasteiger partial charge in [-0.25, -0.2) is 23.1 Å². The number of hydrogen-bond donors (Lipinski definition) is 5. The van der Waals surface area contributed by atoms with Crippen LogP contribution in [0.2, 0.25) is 0 Å². The van der Waals surface area contributed by atoms with Gasteiger partial charge in [0.1, 0.15) is 0 Å². The van der Waals surface area contributed by atoms with Gasteiger partial charge in [0.05, 0.1) is 5.75 Å². The van der Waals surface area contributed by atoms with E-state index in [1.165, 1.54) is 0 Å². The fraction of sp³-hybridized carbons (Fsp3) is 0.750. The molecule has 0 spiro atoms. The van der Waals surface area contributed by atoms with Gasteiger partial charge in [-0.1, -0.05) is 0 Å². The van der Waals surface area contributed by atoms with Crippen LogP contribution in [0.5, 0.6) is 0 Å². The minimum Gasteiger partial charge on any atom is -0.479 e. The molecule has 0 aromatic rings. The lowest BCUT2D eigenvalue weighted by Gasteiger charge is -2.08. The maximum Gasteiger partial charge on any atom is 0.332 e. The topological polar surface area (TPSA) is 159 Å². The van der Waals surface area contributed by atoms with E-state index in [0.717, 1.165) is 0 Å². The second-order valence-corrected chi connectivity index (χ2v) is 5.28. The van der Waals surface area contributed by atoms with Crippen molar-refractivity contribution in [1.82, 2.24) is 10.6 Å². The zero-order valence-corrected chi connectivity index (χ0v) is 10.4. The third-order valence-electron chi connectivity index (χ3n) is 1.88. The molecule has 0 aromatic carbocycles. The van der Waals surface area contributed by atoms with Gasteiger partial charge in [-0.2, -0.15) is 0 Å². The molecule has 0 aromatic heterocycles. The molecule has 9 nitrogen and oxygen atoms in total. The summed E-state index contributed by atoms with van der Waals surface area (Å²) in [5.41, 5.74) is 0. The Balaban J connectivity index is 3.58. The highest BCUT2D eigenvalue weighted by Crippen LogP contribution is 1.89. The highest BCUT2D eigenvalue weighted by atomic mass is 32.2. The molecule has 0 radical (unpaired) electrons. The average molecular weight is 283 g/mol. The number of carbonyl (C=O) groups is 2. The summed E-state index contributed by atoms with van der Waals surface area (Å²) >= 11 is 0. The monoisotopic (exact) mass is 283 g/mol. The third-order valence-corrected chi connectivity index (χ3v) is 2.74. The predicted octanol–water partition coefficient (Wildman–Crippen LogP) is -2.20. The smallest absolute Gasteiger partial charge is 0.332 e. The van der Waals surface area contributed by atoms with E-state index in [2.05, 4.69) is 10.6 Å². The Labute approximate surface area is 104 Å². The molecule has 0 heterocycles. The van der Waals surface area contributed by atoms with Gasteiger partial charge in [-0.15, -0.1) is 0 Å². The van der Waals surface area contributed by atoms with Crippen molar-refractivity contribution < 1.29 is 28.2 Å². The number of nitrogens with two attached hydrogens (primary N) is 1. The molecule has 106 valence electrons. The van der Waals surface area contributed by atoms with Gasteiger partial charge >= 0.3 is 12.0 Å². The van der Waals surface area contributed by atoms with Crippen LogP contribution in [0.15, 0.2) is 0 Å². The van der Waals surface area contributed by atoms with E-state index in [9.17, 15) is 18.0 Å². The number of primary sulfonamides is 1. The van der Waals surface area contributed by atoms with Gasteiger partial charge < -0.3 is 20.8 Å². The van der Waals surface area contributed by atoms with Crippen LogP contribution < -0.4 is 15.8 Å². The molecule has 0 fully saturated rings. The second-order valence-electron chi connectivity index (χ2n) is 3.55. The van der Waals surface area contributed by atoms with E-state index < -0.39 is 28.1 Å². The first kappa shape index (κ1) is 16.6.